The molecule has 0 atom stereocenters. The van der Waals surface area contributed by atoms with Crippen LogP contribution < -0.4 is 14.9 Å². The van der Waals surface area contributed by atoms with Crippen LogP contribution >= 0.6 is 15.9 Å². The van der Waals surface area contributed by atoms with Crippen LogP contribution in [0.1, 0.15) is 15.9 Å². The Morgan fingerprint density at radius 3 is 2.58 bits per heavy atom. The Hall–Kier alpha value is -3.06. The van der Waals surface area contributed by atoms with Crippen LogP contribution in [0.2, 0.25) is 0 Å². The molecule has 1 aliphatic rings. The number of hydrogen-bond donors (Lipinski definition) is 2. The van der Waals surface area contributed by atoms with Crippen molar-refractivity contribution < 1.29 is 19.4 Å². The van der Waals surface area contributed by atoms with Gasteiger partial charge in [0.15, 0.2) is 11.5 Å². The van der Waals surface area contributed by atoms with E-state index in [2.05, 4.69) is 26.5 Å². The minimum atomic E-state index is -0.499. The summed E-state index contributed by atoms with van der Waals surface area (Å²) >= 11 is 3.42. The topological polar surface area (TPSA) is 80.2 Å². The minimum absolute atomic E-state index is 0.0966. The van der Waals surface area contributed by atoms with Gasteiger partial charge in [-0.05, 0) is 51.0 Å². The summed E-state index contributed by atoms with van der Waals surface area (Å²) in [5, 5.41) is 15.8. The number of halogens is 1. The minimum Gasteiger partial charge on any atom is -0.507 e. The first-order valence-corrected chi connectivity index (χ1v) is 8.55. The average Bonchev–Trinajstić information content (AvgIpc) is 3.08. The number of phenolic OH excluding ortho intramolecular Hbond substituents is 1. The number of benzene rings is 3. The van der Waals surface area contributed by atoms with Gasteiger partial charge in [0.25, 0.3) is 5.91 Å². The predicted octanol–water partition coefficient (Wildman–Crippen LogP) is 3.80. The van der Waals surface area contributed by atoms with Gasteiger partial charge in [-0.3, -0.25) is 4.79 Å². The third-order valence-electron chi connectivity index (χ3n) is 3.97. The van der Waals surface area contributed by atoms with Crippen LogP contribution in [-0.4, -0.2) is 24.0 Å². The standard InChI is InChI=1S/C19H13BrN2O4/c20-15-8-18-17(25-10-26-18)7-13(15)9-21-22-19(24)14-5-11-3-1-2-4-12(11)6-16(14)23/h1-9,23H,10H2,(H,22,24)/b21-9+. The lowest BCUT2D eigenvalue weighted by Gasteiger charge is -2.06. The maximum atomic E-state index is 12.3. The molecule has 26 heavy (non-hydrogen) atoms. The van der Waals surface area contributed by atoms with E-state index in [9.17, 15) is 9.90 Å². The number of nitrogens with one attached hydrogen (secondary N) is 1. The second kappa shape index (κ2) is 6.68. The highest BCUT2D eigenvalue weighted by molar-refractivity contribution is 9.10. The molecular weight excluding hydrogens is 400 g/mol. The van der Waals surface area contributed by atoms with Crippen LogP contribution in [0, 0.1) is 0 Å². The Morgan fingerprint density at radius 2 is 1.81 bits per heavy atom. The summed E-state index contributed by atoms with van der Waals surface area (Å²) in [7, 11) is 0. The largest absolute Gasteiger partial charge is 0.507 e. The fraction of sp³-hybridized carbons (Fsp3) is 0.0526. The first-order chi connectivity index (χ1) is 12.6. The number of nitrogens with zero attached hydrogens (tertiary/aromatic N) is 1. The highest BCUT2D eigenvalue weighted by Crippen LogP contribution is 2.36. The highest BCUT2D eigenvalue weighted by Gasteiger charge is 2.16. The molecule has 0 aromatic heterocycles. The molecule has 6 nitrogen and oxygen atoms in total. The fourth-order valence-corrected chi connectivity index (χ4v) is 3.09. The van der Waals surface area contributed by atoms with Crippen molar-refractivity contribution in [3.05, 3.63) is 64.1 Å². The van der Waals surface area contributed by atoms with Crippen LogP contribution in [-0.2, 0) is 0 Å². The number of hydrogen-bond acceptors (Lipinski definition) is 5. The van der Waals surface area contributed by atoms with Crippen LogP contribution in [0.3, 0.4) is 0 Å². The molecule has 0 aliphatic carbocycles. The molecule has 1 amide bonds. The molecule has 0 radical (unpaired) electrons. The van der Waals surface area contributed by atoms with E-state index in [1.165, 1.54) is 6.21 Å². The number of carbonyl (C=O) groups excluding carboxylic acids is 1. The van der Waals surface area contributed by atoms with Crippen molar-refractivity contribution in [2.24, 2.45) is 5.10 Å². The van der Waals surface area contributed by atoms with Crippen molar-refractivity contribution in [3.8, 4) is 17.2 Å². The lowest BCUT2D eigenvalue weighted by atomic mass is 10.1. The molecule has 0 unspecified atom stereocenters. The number of rotatable bonds is 3. The first kappa shape index (κ1) is 16.4. The molecule has 0 fully saturated rings. The summed E-state index contributed by atoms with van der Waals surface area (Å²) in [4.78, 5) is 12.3. The number of fused-ring (bicyclic) bond motifs is 2. The van der Waals surface area contributed by atoms with Crippen LogP contribution in [0.4, 0.5) is 0 Å². The van der Waals surface area contributed by atoms with Gasteiger partial charge in [0.05, 0.1) is 11.8 Å². The van der Waals surface area contributed by atoms with Crippen molar-refractivity contribution in [1.82, 2.24) is 5.43 Å². The number of carbonyl (C=O) groups is 1. The monoisotopic (exact) mass is 412 g/mol. The summed E-state index contributed by atoms with van der Waals surface area (Å²) < 4.78 is 11.4. The highest BCUT2D eigenvalue weighted by atomic mass is 79.9. The molecule has 0 saturated heterocycles. The quantitative estimate of drug-likeness (QED) is 0.506. The summed E-state index contributed by atoms with van der Waals surface area (Å²) in [6.45, 7) is 0.181. The number of hydrazone groups is 1. The van der Waals surface area contributed by atoms with Crippen LogP contribution in [0.5, 0.6) is 17.2 Å². The molecule has 130 valence electrons. The summed E-state index contributed by atoms with van der Waals surface area (Å²) in [6.07, 6.45) is 1.49. The van der Waals surface area contributed by atoms with E-state index in [1.807, 2.05) is 24.3 Å². The maximum Gasteiger partial charge on any atom is 0.275 e. The van der Waals surface area contributed by atoms with Crippen molar-refractivity contribution in [2.45, 2.75) is 0 Å². The first-order valence-electron chi connectivity index (χ1n) is 7.76. The third kappa shape index (κ3) is 3.09. The molecule has 0 spiro atoms. The van der Waals surface area contributed by atoms with Gasteiger partial charge in [0, 0.05) is 10.0 Å². The lowest BCUT2D eigenvalue weighted by molar-refractivity contribution is 0.0952. The molecule has 3 aromatic carbocycles. The molecule has 4 rings (SSSR count). The van der Waals surface area contributed by atoms with E-state index >= 15 is 0 Å². The van der Waals surface area contributed by atoms with Gasteiger partial charge in [-0.2, -0.15) is 5.10 Å². The Bertz CT molecular complexity index is 1050. The van der Waals surface area contributed by atoms with E-state index in [0.717, 1.165) is 20.8 Å². The summed E-state index contributed by atoms with van der Waals surface area (Å²) in [6, 6.07) is 14.2. The van der Waals surface area contributed by atoms with Crippen LogP contribution in [0.15, 0.2) is 58.1 Å². The molecule has 2 N–H and O–H groups in total. The molecular formula is C19H13BrN2O4. The van der Waals surface area contributed by atoms with E-state index in [4.69, 9.17) is 9.47 Å². The van der Waals surface area contributed by atoms with E-state index in [1.54, 1.807) is 24.3 Å². The summed E-state index contributed by atoms with van der Waals surface area (Å²) in [5.74, 6) is 0.675. The molecule has 7 heteroatoms. The zero-order valence-corrected chi connectivity index (χ0v) is 15.0. The number of aromatic hydroxyl groups is 1. The van der Waals surface area contributed by atoms with Gasteiger partial charge in [-0.1, -0.05) is 24.3 Å². The molecule has 0 bridgehead atoms. The molecule has 1 heterocycles. The van der Waals surface area contributed by atoms with Gasteiger partial charge in [0.2, 0.25) is 6.79 Å². The van der Waals surface area contributed by atoms with E-state index in [0.29, 0.717) is 11.5 Å². The van der Waals surface area contributed by atoms with Crippen LogP contribution in [0.25, 0.3) is 10.8 Å². The average molecular weight is 413 g/mol. The van der Waals surface area contributed by atoms with Gasteiger partial charge < -0.3 is 14.6 Å². The maximum absolute atomic E-state index is 12.3. The SMILES string of the molecule is O=C(N/N=C/c1cc2c(cc1Br)OCO2)c1cc2ccccc2cc1O. The van der Waals surface area contributed by atoms with Crippen molar-refractivity contribution >= 4 is 38.8 Å². The van der Waals surface area contributed by atoms with Gasteiger partial charge in [-0.15, -0.1) is 0 Å². The van der Waals surface area contributed by atoms with Crippen molar-refractivity contribution in [2.75, 3.05) is 6.79 Å². The Morgan fingerprint density at radius 1 is 1.12 bits per heavy atom. The zero-order chi connectivity index (χ0) is 18.1. The predicted molar refractivity (Wildman–Crippen MR) is 101 cm³/mol. The third-order valence-corrected chi connectivity index (χ3v) is 4.66. The second-order valence-electron chi connectivity index (χ2n) is 5.64. The molecule has 1 aliphatic heterocycles. The van der Waals surface area contributed by atoms with Crippen molar-refractivity contribution in [1.29, 1.82) is 0 Å². The normalized spacial score (nSPS) is 12.7. The number of amides is 1. The van der Waals surface area contributed by atoms with Gasteiger partial charge in [0.1, 0.15) is 5.75 Å². The number of ether oxygens (including phenoxy) is 2. The fourth-order valence-electron chi connectivity index (χ4n) is 2.66. The second-order valence-corrected chi connectivity index (χ2v) is 6.50. The molecule has 3 aromatic rings. The van der Waals surface area contributed by atoms with Crippen molar-refractivity contribution in [3.63, 3.8) is 0 Å². The zero-order valence-electron chi connectivity index (χ0n) is 13.4. The van der Waals surface area contributed by atoms with E-state index < -0.39 is 5.91 Å². The Kier molecular flexibility index (Phi) is 4.22. The summed E-state index contributed by atoms with van der Waals surface area (Å²) in [5.41, 5.74) is 3.30. The van der Waals surface area contributed by atoms with Gasteiger partial charge >= 0.3 is 0 Å². The van der Waals surface area contributed by atoms with Gasteiger partial charge in [-0.25, -0.2) is 5.43 Å². The Labute approximate surface area is 157 Å². The smallest absolute Gasteiger partial charge is 0.275 e. The van der Waals surface area contributed by atoms with E-state index in [-0.39, 0.29) is 18.1 Å². The lowest BCUT2D eigenvalue weighted by Crippen LogP contribution is -2.17. The number of phenols is 1. The molecule has 0 saturated carbocycles. The Balaban J connectivity index is 1.54.